The van der Waals surface area contributed by atoms with Crippen molar-refractivity contribution < 1.29 is 20.4 Å². The molecule has 28 heavy (non-hydrogen) atoms. The van der Waals surface area contributed by atoms with Crippen molar-refractivity contribution in [1.82, 2.24) is 0 Å². The Bertz CT molecular complexity index is 643. The van der Waals surface area contributed by atoms with Gasteiger partial charge >= 0.3 is 0 Å². The maximum atomic E-state index is 9.18. The minimum atomic E-state index is 0.0321. The third-order valence-corrected chi connectivity index (χ3v) is 4.64. The van der Waals surface area contributed by atoms with Crippen LogP contribution in [0.1, 0.15) is 11.1 Å². The lowest BCUT2D eigenvalue weighted by Crippen LogP contribution is -2.29. The van der Waals surface area contributed by atoms with Crippen molar-refractivity contribution in [3.05, 3.63) is 66.2 Å². The first-order valence-corrected chi connectivity index (χ1v) is 9.47. The molecule has 6 heteroatoms. The molecule has 0 radical (unpaired) electrons. The van der Waals surface area contributed by atoms with E-state index in [9.17, 15) is 20.4 Å². The number of nitrogens with zero attached hydrogens (tertiary/aromatic N) is 2. The van der Waals surface area contributed by atoms with Crippen LogP contribution in [0.4, 0.5) is 11.4 Å². The van der Waals surface area contributed by atoms with Crippen LogP contribution in [-0.4, -0.2) is 73.0 Å². The van der Waals surface area contributed by atoms with Crippen molar-refractivity contribution in [2.24, 2.45) is 0 Å². The molecule has 152 valence electrons. The lowest BCUT2D eigenvalue weighted by atomic mass is 9.99. The summed E-state index contributed by atoms with van der Waals surface area (Å²) in [5.41, 5.74) is 4.76. The maximum Gasteiger partial charge on any atom is 0.0606 e. The van der Waals surface area contributed by atoms with E-state index in [0.717, 1.165) is 28.1 Å². The molecule has 0 heterocycles. The first kappa shape index (κ1) is 21.9. The van der Waals surface area contributed by atoms with E-state index in [2.05, 4.69) is 6.58 Å². The second-order valence-corrected chi connectivity index (χ2v) is 6.44. The Labute approximate surface area is 166 Å². The number of anilines is 2. The van der Waals surface area contributed by atoms with Crippen LogP contribution in [0.15, 0.2) is 55.1 Å². The number of rotatable bonds is 12. The van der Waals surface area contributed by atoms with Crippen LogP contribution in [0.25, 0.3) is 5.57 Å². The van der Waals surface area contributed by atoms with Crippen molar-refractivity contribution in [3.63, 3.8) is 0 Å². The molecule has 0 spiro atoms. The quantitative estimate of drug-likeness (QED) is 0.440. The number of hydrogen-bond donors (Lipinski definition) is 4. The second-order valence-electron chi connectivity index (χ2n) is 6.44. The molecular weight excluding hydrogens is 356 g/mol. The summed E-state index contributed by atoms with van der Waals surface area (Å²) in [5, 5.41) is 36.7. The number of benzene rings is 2. The predicted molar refractivity (Wildman–Crippen MR) is 114 cm³/mol. The molecule has 2 rings (SSSR count). The zero-order valence-corrected chi connectivity index (χ0v) is 16.2. The van der Waals surface area contributed by atoms with Crippen LogP contribution in [-0.2, 0) is 0 Å². The highest BCUT2D eigenvalue weighted by atomic mass is 16.3. The van der Waals surface area contributed by atoms with E-state index in [1.54, 1.807) is 0 Å². The van der Waals surface area contributed by atoms with Crippen LogP contribution >= 0.6 is 0 Å². The highest BCUT2D eigenvalue weighted by molar-refractivity contribution is 5.79. The normalized spacial score (nSPS) is 10.7. The summed E-state index contributed by atoms with van der Waals surface area (Å²) < 4.78 is 0. The van der Waals surface area contributed by atoms with Crippen molar-refractivity contribution in [1.29, 1.82) is 0 Å². The molecule has 4 N–H and O–H groups in total. The zero-order chi connectivity index (χ0) is 20.4. The van der Waals surface area contributed by atoms with Crippen molar-refractivity contribution >= 4 is 16.9 Å². The number of aliphatic hydroxyl groups is 4. The Morgan fingerprint density at radius 1 is 0.571 bits per heavy atom. The van der Waals surface area contributed by atoms with Gasteiger partial charge < -0.3 is 30.2 Å². The Hall–Kier alpha value is -2.38. The first-order valence-electron chi connectivity index (χ1n) is 9.47. The highest BCUT2D eigenvalue weighted by Crippen LogP contribution is 2.26. The third kappa shape index (κ3) is 5.81. The van der Waals surface area contributed by atoms with Gasteiger partial charge in [-0.15, -0.1) is 0 Å². The van der Waals surface area contributed by atoms with Gasteiger partial charge in [0, 0.05) is 37.6 Å². The van der Waals surface area contributed by atoms with Crippen LogP contribution in [0.2, 0.25) is 0 Å². The average molecular weight is 386 g/mol. The topological polar surface area (TPSA) is 87.4 Å². The molecule has 0 aliphatic heterocycles. The van der Waals surface area contributed by atoms with Gasteiger partial charge in [-0.05, 0) is 41.0 Å². The van der Waals surface area contributed by atoms with Gasteiger partial charge in [-0.1, -0.05) is 30.8 Å². The summed E-state index contributed by atoms with van der Waals surface area (Å²) in [4.78, 5) is 3.86. The molecule has 0 aromatic heterocycles. The van der Waals surface area contributed by atoms with E-state index < -0.39 is 0 Å². The minimum absolute atomic E-state index is 0.0321. The predicted octanol–water partition coefficient (Wildman–Crippen LogP) is 1.33. The molecule has 0 amide bonds. The van der Waals surface area contributed by atoms with Gasteiger partial charge in [-0.25, -0.2) is 0 Å². The Kier molecular flexibility index (Phi) is 8.97. The zero-order valence-electron chi connectivity index (χ0n) is 16.2. The van der Waals surface area contributed by atoms with Gasteiger partial charge in [0.25, 0.3) is 0 Å². The largest absolute Gasteiger partial charge is 0.395 e. The summed E-state index contributed by atoms with van der Waals surface area (Å²) >= 11 is 0. The third-order valence-electron chi connectivity index (χ3n) is 4.64. The van der Waals surface area contributed by atoms with E-state index >= 15 is 0 Å². The van der Waals surface area contributed by atoms with E-state index in [4.69, 9.17) is 0 Å². The molecule has 0 bridgehead atoms. The Morgan fingerprint density at radius 3 is 1.11 bits per heavy atom. The van der Waals surface area contributed by atoms with Gasteiger partial charge in [0.2, 0.25) is 0 Å². The average Bonchev–Trinajstić information content (AvgIpc) is 2.73. The van der Waals surface area contributed by atoms with E-state index in [1.165, 1.54) is 0 Å². The number of aliphatic hydroxyl groups excluding tert-OH is 4. The van der Waals surface area contributed by atoms with Crippen LogP contribution in [0.3, 0.4) is 0 Å². The lowest BCUT2D eigenvalue weighted by Gasteiger charge is -2.24. The van der Waals surface area contributed by atoms with Crippen molar-refractivity contribution in [2.45, 2.75) is 0 Å². The minimum Gasteiger partial charge on any atom is -0.395 e. The standard InChI is InChI=1S/C22H30N2O4/c1-18(19-2-6-21(7-3-19)23(10-14-25)11-15-26)20-4-8-22(9-5-20)24(12-16-27)13-17-28/h2-9,25-28H,1,10-17H2. The van der Waals surface area contributed by atoms with Gasteiger partial charge in [-0.2, -0.15) is 0 Å². The molecular formula is C22H30N2O4. The fourth-order valence-electron chi connectivity index (χ4n) is 3.14. The van der Waals surface area contributed by atoms with Crippen molar-refractivity contribution in [3.8, 4) is 0 Å². The van der Waals surface area contributed by atoms with Crippen LogP contribution < -0.4 is 9.80 Å². The summed E-state index contributed by atoms with van der Waals surface area (Å²) in [6.07, 6.45) is 0. The smallest absolute Gasteiger partial charge is 0.0606 e. The molecule has 2 aromatic carbocycles. The summed E-state index contributed by atoms with van der Waals surface area (Å²) in [6, 6.07) is 15.8. The van der Waals surface area contributed by atoms with Crippen molar-refractivity contribution in [2.75, 3.05) is 62.4 Å². The SMILES string of the molecule is C=C(c1ccc(N(CCO)CCO)cc1)c1ccc(N(CCO)CCO)cc1. The van der Waals surface area contributed by atoms with Gasteiger partial charge in [-0.3, -0.25) is 0 Å². The molecule has 0 unspecified atom stereocenters. The fraction of sp³-hybridized carbons (Fsp3) is 0.364. The molecule has 0 atom stereocenters. The monoisotopic (exact) mass is 386 g/mol. The second kappa shape index (κ2) is 11.5. The molecule has 0 saturated carbocycles. The Balaban J connectivity index is 2.12. The molecule has 2 aromatic rings. The molecule has 0 saturated heterocycles. The maximum absolute atomic E-state index is 9.18. The van der Waals surface area contributed by atoms with Crippen LogP contribution in [0, 0.1) is 0 Å². The summed E-state index contributed by atoms with van der Waals surface area (Å²) in [5.74, 6) is 0. The van der Waals surface area contributed by atoms with Crippen LogP contribution in [0.5, 0.6) is 0 Å². The molecule has 6 nitrogen and oxygen atoms in total. The fourth-order valence-corrected chi connectivity index (χ4v) is 3.14. The van der Waals surface area contributed by atoms with Gasteiger partial charge in [0.15, 0.2) is 0 Å². The Morgan fingerprint density at radius 2 is 0.857 bits per heavy atom. The van der Waals surface area contributed by atoms with E-state index in [-0.39, 0.29) is 26.4 Å². The highest BCUT2D eigenvalue weighted by Gasteiger charge is 2.09. The number of hydrogen-bond acceptors (Lipinski definition) is 6. The molecule has 0 fully saturated rings. The summed E-state index contributed by atoms with van der Waals surface area (Å²) in [7, 11) is 0. The lowest BCUT2D eigenvalue weighted by molar-refractivity contribution is 0.280. The molecule has 0 aliphatic rings. The van der Waals surface area contributed by atoms with E-state index in [1.807, 2.05) is 58.3 Å². The van der Waals surface area contributed by atoms with E-state index in [0.29, 0.717) is 26.2 Å². The van der Waals surface area contributed by atoms with Gasteiger partial charge in [0.05, 0.1) is 26.4 Å². The first-order chi connectivity index (χ1) is 13.6. The van der Waals surface area contributed by atoms with Gasteiger partial charge in [0.1, 0.15) is 0 Å². The molecule has 0 aliphatic carbocycles. The summed E-state index contributed by atoms with van der Waals surface area (Å²) in [6.45, 7) is 6.22.